The molecule has 0 atom stereocenters. The number of H-pyrrole nitrogens is 1. The van der Waals surface area contributed by atoms with Crippen molar-refractivity contribution in [2.24, 2.45) is 0 Å². The lowest BCUT2D eigenvalue weighted by Gasteiger charge is -2.06. The predicted molar refractivity (Wildman–Crippen MR) is 77.0 cm³/mol. The number of aromatic nitrogens is 1. The molecule has 1 heterocycles. The first-order valence-electron chi connectivity index (χ1n) is 6.20. The number of hydrogen-bond acceptors (Lipinski definition) is 1. The summed E-state index contributed by atoms with van der Waals surface area (Å²) in [5.41, 5.74) is 1.69. The van der Waals surface area contributed by atoms with E-state index >= 15 is 0 Å². The Balaban J connectivity index is 1.85. The number of nitrogens with one attached hydrogen (secondary N) is 2. The highest BCUT2D eigenvalue weighted by atomic mass is 35.5. The van der Waals surface area contributed by atoms with Crippen LogP contribution in [-0.4, -0.2) is 4.98 Å². The number of fused-ring (bicyclic) bond motifs is 1. The first-order valence-corrected chi connectivity index (χ1v) is 6.57. The van der Waals surface area contributed by atoms with Crippen molar-refractivity contribution in [3.05, 3.63) is 64.6 Å². The molecule has 0 aliphatic heterocycles. The fourth-order valence-electron chi connectivity index (χ4n) is 2.13. The van der Waals surface area contributed by atoms with Crippen molar-refractivity contribution in [3.63, 3.8) is 0 Å². The quantitative estimate of drug-likeness (QED) is 0.665. The van der Waals surface area contributed by atoms with Gasteiger partial charge in [-0.05, 0) is 6.07 Å². The Morgan fingerprint density at radius 3 is 2.38 bits per heavy atom. The van der Waals surface area contributed by atoms with Gasteiger partial charge < -0.3 is 10.3 Å². The van der Waals surface area contributed by atoms with E-state index in [2.05, 4.69) is 10.3 Å². The Morgan fingerprint density at radius 1 is 1.05 bits per heavy atom. The molecule has 0 saturated carbocycles. The van der Waals surface area contributed by atoms with Gasteiger partial charge in [0, 0.05) is 28.7 Å². The summed E-state index contributed by atoms with van der Waals surface area (Å²) in [6.45, 7) is 0.234. The van der Waals surface area contributed by atoms with Gasteiger partial charge in [-0.15, -0.1) is 0 Å². The molecule has 0 spiro atoms. The summed E-state index contributed by atoms with van der Waals surface area (Å²) >= 11 is 6.23. The van der Waals surface area contributed by atoms with Gasteiger partial charge in [-0.25, -0.2) is 13.2 Å². The number of rotatable bonds is 3. The first-order chi connectivity index (χ1) is 10.1. The molecule has 0 unspecified atom stereocenters. The zero-order valence-electron chi connectivity index (χ0n) is 10.7. The smallest absolute Gasteiger partial charge is 0.194 e. The third-order valence-electron chi connectivity index (χ3n) is 3.17. The van der Waals surface area contributed by atoms with Gasteiger partial charge in [0.15, 0.2) is 17.5 Å². The van der Waals surface area contributed by atoms with Crippen LogP contribution in [-0.2, 0) is 6.54 Å². The molecule has 3 aromatic rings. The Labute approximate surface area is 123 Å². The van der Waals surface area contributed by atoms with Crippen molar-refractivity contribution in [1.29, 1.82) is 0 Å². The SMILES string of the molecule is Fc1cc(NCc2[nH]c3ccccc3c2Cl)cc(F)c1F. The highest BCUT2D eigenvalue weighted by Crippen LogP contribution is 2.28. The van der Waals surface area contributed by atoms with Crippen LogP contribution in [0.4, 0.5) is 18.9 Å². The second-order valence-corrected chi connectivity index (χ2v) is 4.95. The van der Waals surface area contributed by atoms with Crippen molar-refractivity contribution in [2.75, 3.05) is 5.32 Å². The summed E-state index contributed by atoms with van der Waals surface area (Å²) in [5, 5.41) is 4.22. The second kappa shape index (κ2) is 5.33. The van der Waals surface area contributed by atoms with Gasteiger partial charge in [0.2, 0.25) is 0 Å². The summed E-state index contributed by atoms with van der Waals surface area (Å²) in [7, 11) is 0. The monoisotopic (exact) mass is 310 g/mol. The van der Waals surface area contributed by atoms with Gasteiger partial charge in [0.25, 0.3) is 0 Å². The summed E-state index contributed by atoms with van der Waals surface area (Å²) in [5.74, 6) is -3.95. The van der Waals surface area contributed by atoms with E-state index in [0.29, 0.717) is 10.7 Å². The molecule has 1 aromatic heterocycles. The van der Waals surface area contributed by atoms with Crippen LogP contribution < -0.4 is 5.32 Å². The number of halogens is 4. The average Bonchev–Trinajstić information content (AvgIpc) is 2.79. The van der Waals surface area contributed by atoms with E-state index < -0.39 is 17.5 Å². The van der Waals surface area contributed by atoms with Gasteiger partial charge in [0.1, 0.15) is 0 Å². The Bertz CT molecular complexity index is 791. The van der Waals surface area contributed by atoms with Crippen LogP contribution in [0, 0.1) is 17.5 Å². The van der Waals surface area contributed by atoms with Gasteiger partial charge >= 0.3 is 0 Å². The van der Waals surface area contributed by atoms with Crippen LogP contribution in [0.2, 0.25) is 5.02 Å². The molecule has 21 heavy (non-hydrogen) atoms. The minimum Gasteiger partial charge on any atom is -0.379 e. The van der Waals surface area contributed by atoms with Crippen molar-refractivity contribution >= 4 is 28.2 Å². The van der Waals surface area contributed by atoms with Crippen LogP contribution in [0.5, 0.6) is 0 Å². The molecule has 0 saturated heterocycles. The number of para-hydroxylation sites is 1. The summed E-state index contributed by atoms with van der Waals surface area (Å²) in [6.07, 6.45) is 0. The van der Waals surface area contributed by atoms with Crippen LogP contribution in [0.3, 0.4) is 0 Å². The van der Waals surface area contributed by atoms with E-state index in [-0.39, 0.29) is 12.2 Å². The van der Waals surface area contributed by atoms with E-state index in [0.717, 1.165) is 23.0 Å². The van der Waals surface area contributed by atoms with Crippen LogP contribution in [0.25, 0.3) is 10.9 Å². The molecule has 0 fully saturated rings. The van der Waals surface area contributed by atoms with Gasteiger partial charge in [-0.1, -0.05) is 29.8 Å². The normalized spacial score (nSPS) is 11.0. The summed E-state index contributed by atoms with van der Waals surface area (Å²) < 4.78 is 39.1. The van der Waals surface area contributed by atoms with Crippen molar-refractivity contribution in [1.82, 2.24) is 4.98 Å². The molecule has 2 nitrogen and oxygen atoms in total. The molecule has 108 valence electrons. The van der Waals surface area contributed by atoms with E-state index in [9.17, 15) is 13.2 Å². The molecule has 0 bridgehead atoms. The van der Waals surface area contributed by atoms with Crippen molar-refractivity contribution in [3.8, 4) is 0 Å². The number of hydrogen-bond donors (Lipinski definition) is 2. The second-order valence-electron chi connectivity index (χ2n) is 4.57. The Kier molecular flexibility index (Phi) is 3.51. The molecule has 0 radical (unpaired) electrons. The van der Waals surface area contributed by atoms with Crippen LogP contribution >= 0.6 is 11.6 Å². The molecular weight excluding hydrogens is 301 g/mol. The molecule has 0 aliphatic carbocycles. The number of benzene rings is 2. The maximum absolute atomic E-state index is 13.1. The molecule has 6 heteroatoms. The first kappa shape index (κ1) is 13.8. The minimum atomic E-state index is -1.48. The predicted octanol–water partition coefficient (Wildman–Crippen LogP) is 4.85. The Morgan fingerprint density at radius 2 is 1.71 bits per heavy atom. The Hall–Kier alpha value is -2.14. The molecule has 0 amide bonds. The van der Waals surface area contributed by atoms with Crippen molar-refractivity contribution < 1.29 is 13.2 Å². The van der Waals surface area contributed by atoms with Crippen LogP contribution in [0.15, 0.2) is 36.4 Å². The zero-order valence-corrected chi connectivity index (χ0v) is 11.4. The molecule has 3 rings (SSSR count). The largest absolute Gasteiger partial charge is 0.379 e. The van der Waals surface area contributed by atoms with Crippen LogP contribution in [0.1, 0.15) is 5.69 Å². The van der Waals surface area contributed by atoms with E-state index in [1.54, 1.807) is 0 Å². The number of aromatic amines is 1. The summed E-state index contributed by atoms with van der Waals surface area (Å²) in [4.78, 5) is 3.12. The highest BCUT2D eigenvalue weighted by molar-refractivity contribution is 6.36. The third kappa shape index (κ3) is 2.56. The highest BCUT2D eigenvalue weighted by Gasteiger charge is 2.12. The molecule has 2 N–H and O–H groups in total. The molecule has 0 aliphatic rings. The zero-order chi connectivity index (χ0) is 15.0. The fourth-order valence-corrected chi connectivity index (χ4v) is 2.41. The fraction of sp³-hybridized carbons (Fsp3) is 0.0667. The summed E-state index contributed by atoms with van der Waals surface area (Å²) in [6, 6.07) is 9.28. The number of anilines is 1. The third-order valence-corrected chi connectivity index (χ3v) is 3.60. The maximum Gasteiger partial charge on any atom is 0.194 e. The molecular formula is C15H10ClF3N2. The lowest BCUT2D eigenvalue weighted by molar-refractivity contribution is 0.447. The lowest BCUT2D eigenvalue weighted by atomic mass is 10.2. The topological polar surface area (TPSA) is 27.8 Å². The van der Waals surface area contributed by atoms with Gasteiger partial charge in [-0.3, -0.25) is 0 Å². The molecule has 2 aromatic carbocycles. The minimum absolute atomic E-state index is 0.140. The van der Waals surface area contributed by atoms with Gasteiger partial charge in [0.05, 0.1) is 17.3 Å². The van der Waals surface area contributed by atoms with Crippen molar-refractivity contribution in [2.45, 2.75) is 6.54 Å². The standard InChI is InChI=1S/C15H10ClF3N2/c16-14-9-3-1-2-4-12(9)21-13(14)7-20-8-5-10(17)15(19)11(18)6-8/h1-6,20-21H,7H2. The average molecular weight is 311 g/mol. The van der Waals surface area contributed by atoms with E-state index in [1.165, 1.54) is 0 Å². The lowest BCUT2D eigenvalue weighted by Crippen LogP contribution is -2.02. The maximum atomic E-state index is 13.1. The van der Waals surface area contributed by atoms with Gasteiger partial charge in [-0.2, -0.15) is 0 Å². The van der Waals surface area contributed by atoms with E-state index in [1.807, 2.05) is 24.3 Å². The van der Waals surface area contributed by atoms with E-state index in [4.69, 9.17) is 11.6 Å².